The maximum absolute atomic E-state index is 13.2. The Kier molecular flexibility index (Phi) is 5.00. The molecule has 3 heterocycles. The highest BCUT2D eigenvalue weighted by Crippen LogP contribution is 2.44. The molecule has 2 aromatic rings. The molecule has 1 aromatic heterocycles. The van der Waals surface area contributed by atoms with Crippen LogP contribution in [0, 0.1) is 6.92 Å². The van der Waals surface area contributed by atoms with Gasteiger partial charge in [0.15, 0.2) is 5.69 Å². The number of amides is 4. The van der Waals surface area contributed by atoms with Gasteiger partial charge in [-0.2, -0.15) is 5.10 Å². The smallest absolute Gasteiger partial charge is 0.271 e. The van der Waals surface area contributed by atoms with Crippen molar-refractivity contribution in [2.75, 3.05) is 16.8 Å². The van der Waals surface area contributed by atoms with Gasteiger partial charge in [-0.1, -0.05) is 12.1 Å². The van der Waals surface area contributed by atoms with Crippen molar-refractivity contribution < 1.29 is 19.2 Å². The first-order chi connectivity index (χ1) is 14.7. The van der Waals surface area contributed by atoms with E-state index in [-0.39, 0.29) is 35.5 Å². The normalized spacial score (nSPS) is 19.9. The molecule has 10 nitrogen and oxygen atoms in total. The van der Waals surface area contributed by atoms with Crippen molar-refractivity contribution in [2.45, 2.75) is 45.2 Å². The van der Waals surface area contributed by atoms with Crippen molar-refractivity contribution in [1.29, 1.82) is 0 Å². The Morgan fingerprint density at radius 3 is 2.77 bits per heavy atom. The molecule has 4 amide bonds. The van der Waals surface area contributed by atoms with E-state index in [4.69, 9.17) is 5.73 Å². The van der Waals surface area contributed by atoms with Crippen LogP contribution in [0.4, 0.5) is 11.4 Å². The van der Waals surface area contributed by atoms with Gasteiger partial charge >= 0.3 is 0 Å². The van der Waals surface area contributed by atoms with Gasteiger partial charge in [0.1, 0.15) is 5.66 Å². The number of aromatic amines is 1. The number of carbonyl (C=O) groups excluding carboxylic acids is 4. The third-order valence-electron chi connectivity index (χ3n) is 5.98. The van der Waals surface area contributed by atoms with E-state index < -0.39 is 11.6 Å². The second kappa shape index (κ2) is 7.53. The first-order valence-electron chi connectivity index (χ1n) is 10.1. The van der Waals surface area contributed by atoms with Crippen LogP contribution < -0.4 is 16.0 Å². The van der Waals surface area contributed by atoms with E-state index in [1.54, 1.807) is 34.9 Å². The number of aromatic nitrogens is 2. The van der Waals surface area contributed by atoms with Crippen molar-refractivity contribution in [3.05, 3.63) is 41.2 Å². The summed E-state index contributed by atoms with van der Waals surface area (Å²) in [5.41, 5.74) is 6.42. The average Bonchev–Trinajstić information content (AvgIpc) is 3.24. The summed E-state index contributed by atoms with van der Waals surface area (Å²) in [4.78, 5) is 53.1. The summed E-state index contributed by atoms with van der Waals surface area (Å²) >= 11 is 0. The van der Waals surface area contributed by atoms with Crippen LogP contribution in [0.25, 0.3) is 0 Å². The number of H-pyrrole nitrogens is 1. The van der Waals surface area contributed by atoms with Gasteiger partial charge in [-0.15, -0.1) is 0 Å². The Balaban J connectivity index is 1.47. The molecular weight excluding hydrogens is 400 g/mol. The predicted octanol–water partition coefficient (Wildman–Crippen LogP) is 1.53. The average molecular weight is 424 g/mol. The highest BCUT2D eigenvalue weighted by Gasteiger charge is 2.52. The summed E-state index contributed by atoms with van der Waals surface area (Å²) in [6, 6.07) is 7.10. The molecule has 0 aliphatic carbocycles. The largest absolute Gasteiger partial charge is 0.364 e. The number of nitrogens with one attached hydrogen (secondary N) is 2. The van der Waals surface area contributed by atoms with Gasteiger partial charge in [-0.3, -0.25) is 29.2 Å². The van der Waals surface area contributed by atoms with E-state index in [1.807, 2.05) is 13.0 Å². The Hall–Kier alpha value is -3.69. The molecule has 4 rings (SSSR count). The van der Waals surface area contributed by atoms with Gasteiger partial charge in [0, 0.05) is 19.4 Å². The number of anilines is 2. The van der Waals surface area contributed by atoms with Gasteiger partial charge in [0.05, 0.1) is 22.6 Å². The Bertz CT molecular complexity index is 1090. The van der Waals surface area contributed by atoms with E-state index in [9.17, 15) is 19.2 Å². The van der Waals surface area contributed by atoms with E-state index >= 15 is 0 Å². The number of para-hydroxylation sites is 1. The molecule has 162 valence electrons. The zero-order chi connectivity index (χ0) is 22.3. The first-order valence-corrected chi connectivity index (χ1v) is 10.1. The van der Waals surface area contributed by atoms with E-state index in [2.05, 4.69) is 15.5 Å². The number of nitrogens with zero attached hydrogens (tertiary/aromatic N) is 3. The lowest BCUT2D eigenvalue weighted by atomic mass is 9.98. The monoisotopic (exact) mass is 424 g/mol. The number of nitrogens with two attached hydrogens (primary N) is 1. The molecule has 31 heavy (non-hydrogen) atoms. The fraction of sp³-hybridized carbons (Fsp3) is 0.381. The third-order valence-corrected chi connectivity index (χ3v) is 5.98. The predicted molar refractivity (Wildman–Crippen MR) is 112 cm³/mol. The topological polar surface area (TPSA) is 141 Å². The first kappa shape index (κ1) is 20.6. The van der Waals surface area contributed by atoms with Crippen LogP contribution in [0.1, 0.15) is 59.1 Å². The molecule has 1 fully saturated rings. The van der Waals surface area contributed by atoms with E-state index in [1.165, 1.54) is 0 Å². The molecule has 0 bridgehead atoms. The second-order valence-electron chi connectivity index (χ2n) is 8.01. The van der Waals surface area contributed by atoms with Crippen LogP contribution in [-0.4, -0.2) is 50.9 Å². The minimum absolute atomic E-state index is 0.0143. The van der Waals surface area contributed by atoms with Crippen molar-refractivity contribution in [1.82, 2.24) is 15.1 Å². The Morgan fingerprint density at radius 1 is 1.29 bits per heavy atom. The SMILES string of the molecule is Cc1[nH]nc(C(N)=O)c1NC(=O)CCCN1C(=O)c2ccccc2N2C(=O)CCC12C. The summed E-state index contributed by atoms with van der Waals surface area (Å²) < 4.78 is 0. The number of carbonyl (C=O) groups is 4. The number of primary amides is 1. The molecular formula is C21H24N6O4. The van der Waals surface area contributed by atoms with Crippen LogP contribution in [0.3, 0.4) is 0 Å². The maximum Gasteiger partial charge on any atom is 0.271 e. The highest BCUT2D eigenvalue weighted by molar-refractivity contribution is 6.10. The van der Waals surface area contributed by atoms with E-state index in [0.29, 0.717) is 42.8 Å². The number of aryl methyl sites for hydroxylation is 1. The fourth-order valence-electron chi connectivity index (χ4n) is 4.40. The summed E-state index contributed by atoms with van der Waals surface area (Å²) in [6.07, 6.45) is 1.41. The molecule has 0 saturated carbocycles. The minimum Gasteiger partial charge on any atom is -0.364 e. The van der Waals surface area contributed by atoms with Crippen molar-refractivity contribution in [3.8, 4) is 0 Å². The number of rotatable bonds is 6. The lowest BCUT2D eigenvalue weighted by Crippen LogP contribution is -2.62. The zero-order valence-electron chi connectivity index (χ0n) is 17.4. The van der Waals surface area contributed by atoms with Crippen LogP contribution >= 0.6 is 0 Å². The molecule has 1 aromatic carbocycles. The molecule has 1 saturated heterocycles. The van der Waals surface area contributed by atoms with Gasteiger partial charge in [-0.25, -0.2) is 0 Å². The lowest BCUT2D eigenvalue weighted by molar-refractivity contribution is -0.118. The number of hydrogen-bond acceptors (Lipinski definition) is 5. The number of hydrogen-bond donors (Lipinski definition) is 3. The number of fused-ring (bicyclic) bond motifs is 3. The lowest BCUT2D eigenvalue weighted by Gasteiger charge is -2.48. The van der Waals surface area contributed by atoms with Crippen molar-refractivity contribution in [2.24, 2.45) is 5.73 Å². The van der Waals surface area contributed by atoms with Crippen LogP contribution in [0.15, 0.2) is 24.3 Å². The Labute approximate surface area is 178 Å². The van der Waals surface area contributed by atoms with Gasteiger partial charge in [0.25, 0.3) is 11.8 Å². The summed E-state index contributed by atoms with van der Waals surface area (Å²) in [5, 5.41) is 9.09. The van der Waals surface area contributed by atoms with Gasteiger partial charge in [0.2, 0.25) is 11.8 Å². The molecule has 0 spiro atoms. The second-order valence-corrected chi connectivity index (χ2v) is 8.01. The standard InChI is InChI=1S/C21H24N6O4/c1-12-17(18(19(22)30)25-24-12)23-15(28)8-5-11-26-20(31)13-6-3-4-7-14(13)27-16(29)9-10-21(26,27)2/h3-4,6-7H,5,8-11H2,1-2H3,(H2,22,30)(H,23,28)(H,24,25). The van der Waals surface area contributed by atoms with Crippen molar-refractivity contribution >= 4 is 35.0 Å². The Morgan fingerprint density at radius 2 is 2.03 bits per heavy atom. The third kappa shape index (κ3) is 3.33. The van der Waals surface area contributed by atoms with Crippen LogP contribution in [-0.2, 0) is 9.59 Å². The van der Waals surface area contributed by atoms with Crippen molar-refractivity contribution in [3.63, 3.8) is 0 Å². The van der Waals surface area contributed by atoms with Crippen LogP contribution in [0.5, 0.6) is 0 Å². The molecule has 1 unspecified atom stereocenters. The number of benzene rings is 1. The molecule has 0 radical (unpaired) electrons. The van der Waals surface area contributed by atoms with Gasteiger partial charge in [-0.05, 0) is 38.8 Å². The molecule has 4 N–H and O–H groups in total. The fourth-order valence-corrected chi connectivity index (χ4v) is 4.40. The molecule has 10 heteroatoms. The molecule has 2 aliphatic rings. The summed E-state index contributed by atoms with van der Waals surface area (Å²) in [5.74, 6) is -1.22. The maximum atomic E-state index is 13.2. The van der Waals surface area contributed by atoms with E-state index in [0.717, 1.165) is 0 Å². The quantitative estimate of drug-likeness (QED) is 0.645. The minimum atomic E-state index is -0.751. The van der Waals surface area contributed by atoms with Crippen LogP contribution in [0.2, 0.25) is 0 Å². The summed E-state index contributed by atoms with van der Waals surface area (Å²) in [6.45, 7) is 3.87. The highest BCUT2D eigenvalue weighted by atomic mass is 16.2. The van der Waals surface area contributed by atoms with Gasteiger partial charge < -0.3 is 16.0 Å². The molecule has 2 aliphatic heterocycles. The molecule has 1 atom stereocenters. The zero-order valence-corrected chi connectivity index (χ0v) is 17.4. The summed E-state index contributed by atoms with van der Waals surface area (Å²) in [7, 11) is 0.